The van der Waals surface area contributed by atoms with Crippen LogP contribution in [0.3, 0.4) is 0 Å². The van der Waals surface area contributed by atoms with E-state index in [1.165, 1.54) is 12.8 Å². The predicted molar refractivity (Wildman–Crippen MR) is 87.4 cm³/mol. The quantitative estimate of drug-likeness (QED) is 0.630. The van der Waals surface area contributed by atoms with Gasteiger partial charge in [0.25, 0.3) is 0 Å². The standard InChI is InChI=1S/C17H34N2O2/c1-7-21-16(20)17(5,18-13(2)3)11-8-12-19(6)14(4)15-9-10-15/h13-15,18H,7-12H2,1-6H3. The Balaban J connectivity index is 2.46. The van der Waals surface area contributed by atoms with Crippen LogP contribution in [0, 0.1) is 5.92 Å². The van der Waals surface area contributed by atoms with E-state index in [4.69, 9.17) is 4.74 Å². The Morgan fingerprint density at radius 1 is 1.38 bits per heavy atom. The van der Waals surface area contributed by atoms with Crippen LogP contribution in [0.25, 0.3) is 0 Å². The van der Waals surface area contributed by atoms with Gasteiger partial charge < -0.3 is 9.64 Å². The maximum Gasteiger partial charge on any atom is 0.326 e. The molecule has 21 heavy (non-hydrogen) atoms. The molecule has 1 fully saturated rings. The predicted octanol–water partition coefficient (Wildman–Crippen LogP) is 2.82. The minimum atomic E-state index is -0.576. The second-order valence-electron chi connectivity index (χ2n) is 7.01. The summed E-state index contributed by atoms with van der Waals surface area (Å²) >= 11 is 0. The first-order valence-electron chi connectivity index (χ1n) is 8.45. The van der Waals surface area contributed by atoms with Gasteiger partial charge in [-0.2, -0.15) is 0 Å². The zero-order valence-corrected chi connectivity index (χ0v) is 14.7. The van der Waals surface area contributed by atoms with Gasteiger partial charge in [-0.05, 0) is 79.8 Å². The highest BCUT2D eigenvalue weighted by Crippen LogP contribution is 2.34. The molecule has 0 spiro atoms. The van der Waals surface area contributed by atoms with Crippen LogP contribution in [0.15, 0.2) is 0 Å². The van der Waals surface area contributed by atoms with Crippen molar-refractivity contribution in [2.75, 3.05) is 20.2 Å². The van der Waals surface area contributed by atoms with Crippen molar-refractivity contribution in [1.29, 1.82) is 0 Å². The summed E-state index contributed by atoms with van der Waals surface area (Å²) in [7, 11) is 2.20. The summed E-state index contributed by atoms with van der Waals surface area (Å²) in [5, 5.41) is 3.39. The van der Waals surface area contributed by atoms with Gasteiger partial charge in [0.05, 0.1) is 6.61 Å². The lowest BCUT2D eigenvalue weighted by Gasteiger charge is -2.32. The third-order valence-corrected chi connectivity index (χ3v) is 4.52. The van der Waals surface area contributed by atoms with Crippen LogP contribution in [0.1, 0.15) is 60.3 Å². The minimum absolute atomic E-state index is 0.128. The third kappa shape index (κ3) is 5.95. The van der Waals surface area contributed by atoms with Gasteiger partial charge in [-0.1, -0.05) is 0 Å². The molecule has 0 saturated heterocycles. The van der Waals surface area contributed by atoms with Gasteiger partial charge in [0.1, 0.15) is 5.54 Å². The van der Waals surface area contributed by atoms with Crippen molar-refractivity contribution in [3.63, 3.8) is 0 Å². The van der Waals surface area contributed by atoms with Crippen molar-refractivity contribution < 1.29 is 9.53 Å². The average Bonchev–Trinajstić information content (AvgIpc) is 3.21. The fourth-order valence-corrected chi connectivity index (χ4v) is 2.98. The van der Waals surface area contributed by atoms with E-state index in [9.17, 15) is 4.79 Å². The lowest BCUT2D eigenvalue weighted by Crippen LogP contribution is -2.53. The van der Waals surface area contributed by atoms with Crippen molar-refractivity contribution in [1.82, 2.24) is 10.2 Å². The molecule has 1 N–H and O–H groups in total. The second kappa shape index (κ2) is 8.14. The number of carbonyl (C=O) groups excluding carboxylic acids is 1. The smallest absolute Gasteiger partial charge is 0.326 e. The van der Waals surface area contributed by atoms with Crippen LogP contribution in [-0.4, -0.2) is 48.7 Å². The molecule has 4 nitrogen and oxygen atoms in total. The molecule has 124 valence electrons. The van der Waals surface area contributed by atoms with Gasteiger partial charge in [0.15, 0.2) is 0 Å². The van der Waals surface area contributed by atoms with Crippen LogP contribution in [0.4, 0.5) is 0 Å². The van der Waals surface area contributed by atoms with Gasteiger partial charge >= 0.3 is 5.97 Å². The van der Waals surface area contributed by atoms with E-state index in [1.807, 2.05) is 13.8 Å². The summed E-state index contributed by atoms with van der Waals surface area (Å²) in [5.74, 6) is 0.761. The zero-order valence-electron chi connectivity index (χ0n) is 14.7. The molecule has 0 aliphatic heterocycles. The van der Waals surface area contributed by atoms with E-state index in [2.05, 4.69) is 38.0 Å². The molecule has 1 rings (SSSR count). The summed E-state index contributed by atoms with van der Waals surface area (Å²) in [6, 6.07) is 0.930. The number of carbonyl (C=O) groups is 1. The highest BCUT2D eigenvalue weighted by atomic mass is 16.5. The molecule has 0 heterocycles. The van der Waals surface area contributed by atoms with Crippen molar-refractivity contribution in [2.45, 2.75) is 77.9 Å². The molecule has 1 saturated carbocycles. The van der Waals surface area contributed by atoms with Crippen molar-refractivity contribution in [3.8, 4) is 0 Å². The summed E-state index contributed by atoms with van der Waals surface area (Å²) in [6.07, 6.45) is 4.57. The molecule has 0 bridgehead atoms. The van der Waals surface area contributed by atoms with Crippen LogP contribution in [0.2, 0.25) is 0 Å². The van der Waals surface area contributed by atoms with Crippen LogP contribution < -0.4 is 5.32 Å². The Morgan fingerprint density at radius 3 is 2.48 bits per heavy atom. The second-order valence-corrected chi connectivity index (χ2v) is 7.01. The lowest BCUT2D eigenvalue weighted by molar-refractivity contribution is -0.151. The van der Waals surface area contributed by atoms with Crippen LogP contribution in [-0.2, 0) is 9.53 Å². The van der Waals surface area contributed by atoms with Gasteiger partial charge in [-0.15, -0.1) is 0 Å². The summed E-state index contributed by atoms with van der Waals surface area (Å²) in [4.78, 5) is 14.7. The topological polar surface area (TPSA) is 41.6 Å². The van der Waals surface area contributed by atoms with E-state index in [-0.39, 0.29) is 12.0 Å². The number of nitrogens with one attached hydrogen (secondary N) is 1. The molecule has 0 amide bonds. The molecule has 2 atom stereocenters. The van der Waals surface area contributed by atoms with Gasteiger partial charge in [-0.3, -0.25) is 10.1 Å². The highest BCUT2D eigenvalue weighted by Gasteiger charge is 2.35. The molecule has 1 aliphatic rings. The summed E-state index contributed by atoms with van der Waals surface area (Å²) in [6.45, 7) is 11.7. The van der Waals surface area contributed by atoms with E-state index in [0.29, 0.717) is 12.6 Å². The Morgan fingerprint density at radius 2 is 2.00 bits per heavy atom. The van der Waals surface area contributed by atoms with Crippen LogP contribution in [0.5, 0.6) is 0 Å². The minimum Gasteiger partial charge on any atom is -0.465 e. The van der Waals surface area contributed by atoms with Crippen molar-refractivity contribution in [2.24, 2.45) is 5.92 Å². The van der Waals surface area contributed by atoms with Gasteiger partial charge in [0, 0.05) is 12.1 Å². The maximum atomic E-state index is 12.2. The molecule has 4 heteroatoms. The fraction of sp³-hybridized carbons (Fsp3) is 0.941. The number of rotatable bonds is 10. The van der Waals surface area contributed by atoms with E-state index in [1.54, 1.807) is 0 Å². The zero-order chi connectivity index (χ0) is 16.0. The molecule has 1 aliphatic carbocycles. The van der Waals surface area contributed by atoms with Gasteiger partial charge in [-0.25, -0.2) is 0 Å². The Labute approximate surface area is 130 Å². The molecular weight excluding hydrogens is 264 g/mol. The molecular formula is C17H34N2O2. The highest BCUT2D eigenvalue weighted by molar-refractivity contribution is 5.80. The fourth-order valence-electron chi connectivity index (χ4n) is 2.98. The number of ether oxygens (including phenoxy) is 1. The third-order valence-electron chi connectivity index (χ3n) is 4.52. The number of esters is 1. The summed E-state index contributed by atoms with van der Waals surface area (Å²) in [5.41, 5.74) is -0.576. The Hall–Kier alpha value is -0.610. The first kappa shape index (κ1) is 18.4. The Bertz CT molecular complexity index is 329. The molecule has 0 aromatic rings. The number of hydrogen-bond acceptors (Lipinski definition) is 4. The maximum absolute atomic E-state index is 12.2. The molecule has 2 unspecified atom stereocenters. The van der Waals surface area contributed by atoms with Crippen molar-refractivity contribution >= 4 is 5.97 Å². The molecule has 0 radical (unpaired) electrons. The van der Waals surface area contributed by atoms with Gasteiger partial charge in [0.2, 0.25) is 0 Å². The normalized spacial score (nSPS) is 19.6. The molecule has 0 aromatic carbocycles. The first-order chi connectivity index (χ1) is 9.80. The number of nitrogens with zero attached hydrogens (tertiary/aromatic N) is 1. The largest absolute Gasteiger partial charge is 0.465 e. The lowest BCUT2D eigenvalue weighted by atomic mass is 9.94. The van der Waals surface area contributed by atoms with Crippen LogP contribution >= 0.6 is 0 Å². The monoisotopic (exact) mass is 298 g/mol. The van der Waals surface area contributed by atoms with E-state index in [0.717, 1.165) is 25.3 Å². The summed E-state index contributed by atoms with van der Waals surface area (Å²) < 4.78 is 5.25. The number of hydrogen-bond donors (Lipinski definition) is 1. The van der Waals surface area contributed by atoms with Crippen molar-refractivity contribution in [3.05, 3.63) is 0 Å². The SMILES string of the molecule is CCOC(=O)C(C)(CCCN(C)C(C)C1CC1)NC(C)C. The first-order valence-corrected chi connectivity index (χ1v) is 8.45. The average molecular weight is 298 g/mol. The van der Waals surface area contributed by atoms with E-state index >= 15 is 0 Å². The molecule has 0 aromatic heterocycles. The Kier molecular flexibility index (Phi) is 7.14. The van der Waals surface area contributed by atoms with E-state index < -0.39 is 5.54 Å².